The monoisotopic (exact) mass is 446 g/mol. The van der Waals surface area contributed by atoms with Gasteiger partial charge < -0.3 is 19.3 Å². The maximum absolute atomic E-state index is 6.03. The van der Waals surface area contributed by atoms with Crippen LogP contribution in [0.5, 0.6) is 11.5 Å². The molecule has 4 nitrogen and oxygen atoms in total. The lowest BCUT2D eigenvalue weighted by atomic mass is 10.1. The van der Waals surface area contributed by atoms with Gasteiger partial charge in [-0.2, -0.15) is 0 Å². The van der Waals surface area contributed by atoms with E-state index in [0.717, 1.165) is 28.0 Å². The van der Waals surface area contributed by atoms with E-state index >= 15 is 0 Å². The SMILES string of the molecule is CCOc1cc(CCCN2CCN(C)CC2)ccc1OCc1ccc(Br)cc1. The van der Waals surface area contributed by atoms with Gasteiger partial charge in [0.2, 0.25) is 0 Å². The minimum Gasteiger partial charge on any atom is -0.490 e. The Bertz CT molecular complexity index is 728. The van der Waals surface area contributed by atoms with Crippen LogP contribution in [0.4, 0.5) is 0 Å². The first-order chi connectivity index (χ1) is 13.6. The third-order valence-electron chi connectivity index (χ3n) is 5.15. The number of rotatable bonds is 9. The average molecular weight is 447 g/mol. The molecule has 0 unspecified atom stereocenters. The summed E-state index contributed by atoms with van der Waals surface area (Å²) in [5, 5.41) is 0. The number of benzene rings is 2. The van der Waals surface area contributed by atoms with E-state index < -0.39 is 0 Å². The lowest BCUT2D eigenvalue weighted by Crippen LogP contribution is -2.44. The zero-order valence-corrected chi connectivity index (χ0v) is 18.6. The number of halogens is 1. The molecule has 1 fully saturated rings. The van der Waals surface area contributed by atoms with Crippen molar-refractivity contribution < 1.29 is 9.47 Å². The Morgan fingerprint density at radius 3 is 2.32 bits per heavy atom. The maximum atomic E-state index is 6.03. The summed E-state index contributed by atoms with van der Waals surface area (Å²) in [5.41, 5.74) is 2.45. The average Bonchev–Trinajstić information content (AvgIpc) is 2.70. The number of ether oxygens (including phenoxy) is 2. The Morgan fingerprint density at radius 2 is 1.61 bits per heavy atom. The summed E-state index contributed by atoms with van der Waals surface area (Å²) in [6, 6.07) is 14.6. The second kappa shape index (κ2) is 10.8. The van der Waals surface area contributed by atoms with Gasteiger partial charge in [-0.25, -0.2) is 0 Å². The fourth-order valence-electron chi connectivity index (χ4n) is 3.42. The van der Waals surface area contributed by atoms with Crippen LogP contribution in [0.2, 0.25) is 0 Å². The normalized spacial score (nSPS) is 15.5. The van der Waals surface area contributed by atoms with E-state index in [1.165, 1.54) is 44.7 Å². The van der Waals surface area contributed by atoms with Gasteiger partial charge in [0.05, 0.1) is 6.61 Å². The summed E-state index contributed by atoms with van der Waals surface area (Å²) < 4.78 is 12.9. The van der Waals surface area contributed by atoms with E-state index in [1.807, 2.05) is 19.1 Å². The summed E-state index contributed by atoms with van der Waals surface area (Å²) in [6.07, 6.45) is 2.24. The van der Waals surface area contributed by atoms with Crippen LogP contribution in [0.3, 0.4) is 0 Å². The van der Waals surface area contributed by atoms with Crippen LogP contribution in [0.25, 0.3) is 0 Å². The molecule has 0 aliphatic carbocycles. The van der Waals surface area contributed by atoms with Gasteiger partial charge >= 0.3 is 0 Å². The van der Waals surface area contributed by atoms with Crippen LogP contribution in [-0.2, 0) is 13.0 Å². The lowest BCUT2D eigenvalue weighted by molar-refractivity contribution is 0.153. The summed E-state index contributed by atoms with van der Waals surface area (Å²) in [5.74, 6) is 1.66. The van der Waals surface area contributed by atoms with Gasteiger partial charge in [-0.15, -0.1) is 0 Å². The Morgan fingerprint density at radius 1 is 0.893 bits per heavy atom. The minimum absolute atomic E-state index is 0.538. The van der Waals surface area contributed by atoms with Crippen molar-refractivity contribution >= 4 is 15.9 Å². The molecule has 1 heterocycles. The van der Waals surface area contributed by atoms with E-state index in [9.17, 15) is 0 Å². The molecule has 2 aromatic rings. The zero-order valence-electron chi connectivity index (χ0n) is 17.0. The Labute approximate surface area is 177 Å². The molecule has 0 atom stereocenters. The van der Waals surface area contributed by atoms with Crippen molar-refractivity contribution in [1.82, 2.24) is 9.80 Å². The van der Waals surface area contributed by atoms with E-state index in [1.54, 1.807) is 0 Å². The molecule has 0 saturated carbocycles. The number of hydrogen-bond donors (Lipinski definition) is 0. The lowest BCUT2D eigenvalue weighted by Gasteiger charge is -2.32. The highest BCUT2D eigenvalue weighted by Gasteiger charge is 2.13. The predicted molar refractivity (Wildman–Crippen MR) is 118 cm³/mol. The third kappa shape index (κ3) is 6.50. The van der Waals surface area contributed by atoms with Gasteiger partial charge in [0.25, 0.3) is 0 Å². The van der Waals surface area contributed by atoms with E-state index in [0.29, 0.717) is 13.2 Å². The summed E-state index contributed by atoms with van der Waals surface area (Å²) in [4.78, 5) is 4.97. The van der Waals surface area contributed by atoms with Crippen molar-refractivity contribution in [3.05, 3.63) is 58.1 Å². The van der Waals surface area contributed by atoms with Crippen LogP contribution < -0.4 is 9.47 Å². The van der Waals surface area contributed by atoms with Gasteiger partial charge in [-0.3, -0.25) is 0 Å². The van der Waals surface area contributed by atoms with Gasteiger partial charge in [0.15, 0.2) is 11.5 Å². The molecule has 0 bridgehead atoms. The van der Waals surface area contributed by atoms with Crippen molar-refractivity contribution in [3.63, 3.8) is 0 Å². The molecule has 28 heavy (non-hydrogen) atoms. The summed E-state index contributed by atoms with van der Waals surface area (Å²) in [6.45, 7) is 9.08. The zero-order chi connectivity index (χ0) is 19.8. The molecule has 5 heteroatoms. The molecule has 0 radical (unpaired) electrons. The van der Waals surface area contributed by atoms with Gasteiger partial charge in [0.1, 0.15) is 6.61 Å². The quantitative estimate of drug-likeness (QED) is 0.561. The second-order valence-electron chi connectivity index (χ2n) is 7.38. The fourth-order valence-corrected chi connectivity index (χ4v) is 3.68. The van der Waals surface area contributed by atoms with Gasteiger partial charge in [-0.05, 0) is 68.8 Å². The van der Waals surface area contributed by atoms with Gasteiger partial charge in [0, 0.05) is 30.7 Å². The number of hydrogen-bond acceptors (Lipinski definition) is 4. The Balaban J connectivity index is 1.53. The van der Waals surface area contributed by atoms with Crippen LogP contribution in [-0.4, -0.2) is 56.2 Å². The fraction of sp³-hybridized carbons (Fsp3) is 0.478. The summed E-state index contributed by atoms with van der Waals surface area (Å²) in [7, 11) is 2.20. The van der Waals surface area contributed by atoms with Crippen LogP contribution in [0.1, 0.15) is 24.5 Å². The molecule has 3 rings (SSSR count). The smallest absolute Gasteiger partial charge is 0.161 e. The molecule has 152 valence electrons. The summed E-state index contributed by atoms with van der Waals surface area (Å²) >= 11 is 3.46. The van der Waals surface area contributed by atoms with Crippen molar-refractivity contribution in [2.45, 2.75) is 26.4 Å². The van der Waals surface area contributed by atoms with Crippen LogP contribution in [0.15, 0.2) is 46.9 Å². The van der Waals surface area contributed by atoms with Crippen molar-refractivity contribution in [2.75, 3.05) is 46.4 Å². The van der Waals surface area contributed by atoms with E-state index in [2.05, 4.69) is 63.1 Å². The minimum atomic E-state index is 0.538. The first kappa shape index (κ1) is 21.2. The van der Waals surface area contributed by atoms with Crippen molar-refractivity contribution in [3.8, 4) is 11.5 Å². The Kier molecular flexibility index (Phi) is 8.19. The van der Waals surface area contributed by atoms with Crippen LogP contribution in [0, 0.1) is 0 Å². The van der Waals surface area contributed by atoms with Crippen molar-refractivity contribution in [2.24, 2.45) is 0 Å². The predicted octanol–water partition coefficient (Wildman–Crippen LogP) is 4.61. The molecule has 1 aliphatic heterocycles. The number of aryl methyl sites for hydroxylation is 1. The first-order valence-electron chi connectivity index (χ1n) is 10.2. The first-order valence-corrected chi connectivity index (χ1v) is 11.0. The molecule has 0 spiro atoms. The molecule has 1 saturated heterocycles. The highest BCUT2D eigenvalue weighted by Crippen LogP contribution is 2.30. The number of piperazine rings is 1. The largest absolute Gasteiger partial charge is 0.490 e. The Hall–Kier alpha value is -1.56. The maximum Gasteiger partial charge on any atom is 0.161 e. The highest BCUT2D eigenvalue weighted by molar-refractivity contribution is 9.10. The van der Waals surface area contributed by atoms with E-state index in [4.69, 9.17) is 9.47 Å². The van der Waals surface area contributed by atoms with E-state index in [-0.39, 0.29) is 0 Å². The number of likely N-dealkylation sites (N-methyl/N-ethyl adjacent to an activating group) is 1. The highest BCUT2D eigenvalue weighted by atomic mass is 79.9. The third-order valence-corrected chi connectivity index (χ3v) is 5.68. The van der Waals surface area contributed by atoms with Crippen LogP contribution >= 0.6 is 15.9 Å². The molecule has 1 aliphatic rings. The number of nitrogens with zero attached hydrogens (tertiary/aromatic N) is 2. The van der Waals surface area contributed by atoms with Crippen molar-refractivity contribution in [1.29, 1.82) is 0 Å². The molecule has 0 amide bonds. The molecule has 0 N–H and O–H groups in total. The molecular formula is C23H31BrN2O2. The molecular weight excluding hydrogens is 416 g/mol. The standard InChI is InChI=1S/C23H31BrN2O2/c1-3-27-23-17-19(5-4-12-26-15-13-25(2)14-16-26)8-11-22(23)28-18-20-6-9-21(24)10-7-20/h6-11,17H,3-5,12-16,18H2,1-2H3. The molecule has 2 aromatic carbocycles. The topological polar surface area (TPSA) is 24.9 Å². The molecule has 0 aromatic heterocycles. The van der Waals surface area contributed by atoms with Gasteiger partial charge in [-0.1, -0.05) is 34.1 Å². The second-order valence-corrected chi connectivity index (χ2v) is 8.29.